The van der Waals surface area contributed by atoms with Gasteiger partial charge in [-0.2, -0.15) is 13.2 Å². The molecular weight excluding hydrogens is 433 g/mol. The zero-order chi connectivity index (χ0) is 23.8. The van der Waals surface area contributed by atoms with Gasteiger partial charge >= 0.3 is 6.18 Å². The molecule has 0 radical (unpaired) electrons. The minimum absolute atomic E-state index is 0.00953. The van der Waals surface area contributed by atoms with Crippen LogP contribution in [0.25, 0.3) is 0 Å². The highest BCUT2D eigenvalue weighted by Gasteiger charge is 2.50. The summed E-state index contributed by atoms with van der Waals surface area (Å²) in [6.07, 6.45) is -0.0860. The quantitative estimate of drug-likeness (QED) is 0.684. The molecule has 8 heteroatoms. The van der Waals surface area contributed by atoms with Crippen LogP contribution in [0.5, 0.6) is 0 Å². The van der Waals surface area contributed by atoms with Crippen molar-refractivity contribution in [2.75, 3.05) is 26.4 Å². The second-order valence-electron chi connectivity index (χ2n) is 10.3. The van der Waals surface area contributed by atoms with Crippen LogP contribution >= 0.6 is 0 Å². The third-order valence-electron chi connectivity index (χ3n) is 7.99. The lowest BCUT2D eigenvalue weighted by Gasteiger charge is -2.42. The molecule has 1 saturated carbocycles. The Balaban J connectivity index is 1.54. The Labute approximate surface area is 193 Å². The Hall–Kier alpha value is -1.64. The molecule has 0 spiro atoms. The molecule has 2 N–H and O–H groups in total. The van der Waals surface area contributed by atoms with Crippen molar-refractivity contribution in [2.24, 2.45) is 11.3 Å². The molecule has 33 heavy (non-hydrogen) atoms. The first-order chi connectivity index (χ1) is 15.6. The first-order valence-corrected chi connectivity index (χ1v) is 12.1. The number of fused-ring (bicyclic) bond motifs is 1. The van der Waals surface area contributed by atoms with E-state index in [4.69, 9.17) is 4.74 Å². The Morgan fingerprint density at radius 2 is 1.97 bits per heavy atom. The molecule has 3 atom stereocenters. The number of alkyl halides is 3. The average molecular weight is 469 g/mol. The molecule has 5 nitrogen and oxygen atoms in total. The van der Waals surface area contributed by atoms with E-state index in [1.165, 1.54) is 6.07 Å². The van der Waals surface area contributed by atoms with Gasteiger partial charge in [0, 0.05) is 44.3 Å². The van der Waals surface area contributed by atoms with Crippen LogP contribution in [0.15, 0.2) is 18.2 Å². The number of ether oxygens (including phenoxy) is 1. The summed E-state index contributed by atoms with van der Waals surface area (Å²) in [4.78, 5) is 15.6. The Bertz CT molecular complexity index is 854. The SMILES string of the molecule is CC(C)[C@]1(C(=O)N2Cc3cc(C(F)(F)F)ccc3C(CO)C2)CC[C@@H](NC2CCOCC2)C1. The third-order valence-corrected chi connectivity index (χ3v) is 7.99. The highest BCUT2D eigenvalue weighted by molar-refractivity contribution is 5.84. The Morgan fingerprint density at radius 1 is 1.24 bits per heavy atom. The number of aliphatic hydroxyl groups excluding tert-OH is 1. The summed E-state index contributed by atoms with van der Waals surface area (Å²) in [6, 6.07) is 4.33. The van der Waals surface area contributed by atoms with E-state index < -0.39 is 17.2 Å². The summed E-state index contributed by atoms with van der Waals surface area (Å²) >= 11 is 0. The molecule has 2 heterocycles. The van der Waals surface area contributed by atoms with Crippen molar-refractivity contribution in [3.05, 3.63) is 34.9 Å². The first-order valence-electron chi connectivity index (χ1n) is 12.1. The second kappa shape index (κ2) is 9.55. The number of hydrogen-bond acceptors (Lipinski definition) is 4. The first kappa shape index (κ1) is 24.5. The number of carbonyl (C=O) groups excluding carboxylic acids is 1. The largest absolute Gasteiger partial charge is 0.416 e. The zero-order valence-corrected chi connectivity index (χ0v) is 19.5. The van der Waals surface area contributed by atoms with Gasteiger partial charge in [-0.05, 0) is 61.3 Å². The van der Waals surface area contributed by atoms with Crippen molar-refractivity contribution < 1.29 is 27.8 Å². The van der Waals surface area contributed by atoms with Gasteiger partial charge in [0.05, 0.1) is 17.6 Å². The van der Waals surface area contributed by atoms with E-state index in [-0.39, 0.29) is 36.9 Å². The van der Waals surface area contributed by atoms with E-state index in [1.54, 1.807) is 4.90 Å². The molecule has 4 rings (SSSR count). The zero-order valence-electron chi connectivity index (χ0n) is 19.5. The minimum atomic E-state index is -4.44. The van der Waals surface area contributed by atoms with Gasteiger partial charge in [0.25, 0.3) is 0 Å². The molecule has 1 aliphatic carbocycles. The molecule has 3 aliphatic rings. The van der Waals surface area contributed by atoms with Crippen molar-refractivity contribution in [3.8, 4) is 0 Å². The van der Waals surface area contributed by atoms with Crippen LogP contribution in [0.4, 0.5) is 13.2 Å². The van der Waals surface area contributed by atoms with Crippen LogP contribution in [0.3, 0.4) is 0 Å². The van der Waals surface area contributed by atoms with Crippen LogP contribution in [-0.2, 0) is 22.3 Å². The van der Waals surface area contributed by atoms with Crippen LogP contribution < -0.4 is 5.32 Å². The van der Waals surface area contributed by atoms with Gasteiger partial charge in [0.2, 0.25) is 5.91 Å². The van der Waals surface area contributed by atoms with E-state index in [2.05, 4.69) is 19.2 Å². The summed E-state index contributed by atoms with van der Waals surface area (Å²) in [6.45, 7) is 5.94. The number of carbonyl (C=O) groups is 1. The topological polar surface area (TPSA) is 61.8 Å². The fourth-order valence-corrected chi connectivity index (χ4v) is 5.96. The molecule has 0 aromatic heterocycles. The van der Waals surface area contributed by atoms with E-state index in [0.717, 1.165) is 57.5 Å². The molecule has 1 unspecified atom stereocenters. The highest BCUT2D eigenvalue weighted by atomic mass is 19.4. The summed E-state index contributed by atoms with van der Waals surface area (Å²) in [5.74, 6) is -0.251. The van der Waals surface area contributed by atoms with Crippen LogP contribution in [0, 0.1) is 11.3 Å². The van der Waals surface area contributed by atoms with Crippen molar-refractivity contribution in [3.63, 3.8) is 0 Å². The molecule has 1 amide bonds. The molecule has 184 valence electrons. The number of hydrogen-bond donors (Lipinski definition) is 2. The van der Waals surface area contributed by atoms with E-state index >= 15 is 0 Å². The molecule has 1 aromatic carbocycles. The van der Waals surface area contributed by atoms with Crippen LogP contribution in [0.1, 0.15) is 68.6 Å². The lowest BCUT2D eigenvalue weighted by Crippen LogP contribution is -2.50. The summed E-state index contributed by atoms with van der Waals surface area (Å²) in [7, 11) is 0. The molecule has 2 fully saturated rings. The Morgan fingerprint density at radius 3 is 2.61 bits per heavy atom. The average Bonchev–Trinajstić information content (AvgIpc) is 3.22. The number of rotatable bonds is 5. The van der Waals surface area contributed by atoms with E-state index in [0.29, 0.717) is 23.7 Å². The van der Waals surface area contributed by atoms with E-state index in [9.17, 15) is 23.1 Å². The molecule has 1 aromatic rings. The number of halogens is 3. The predicted molar refractivity (Wildman–Crippen MR) is 119 cm³/mol. The highest BCUT2D eigenvalue weighted by Crippen LogP contribution is 2.47. The third kappa shape index (κ3) is 4.93. The van der Waals surface area contributed by atoms with Crippen molar-refractivity contribution >= 4 is 5.91 Å². The number of aliphatic hydroxyl groups is 1. The monoisotopic (exact) mass is 468 g/mol. The predicted octanol–water partition coefficient (Wildman–Crippen LogP) is 4.09. The van der Waals surface area contributed by atoms with Crippen LogP contribution in [0.2, 0.25) is 0 Å². The maximum Gasteiger partial charge on any atom is 0.416 e. The number of nitrogens with zero attached hydrogens (tertiary/aromatic N) is 1. The normalized spacial score (nSPS) is 28.9. The van der Waals surface area contributed by atoms with Crippen molar-refractivity contribution in [2.45, 2.75) is 76.7 Å². The van der Waals surface area contributed by atoms with Gasteiger partial charge < -0.3 is 20.1 Å². The van der Waals surface area contributed by atoms with Crippen molar-refractivity contribution in [1.82, 2.24) is 10.2 Å². The lowest BCUT2D eigenvalue weighted by molar-refractivity contribution is -0.146. The maximum absolute atomic E-state index is 13.9. The molecule has 0 bridgehead atoms. The van der Waals surface area contributed by atoms with Gasteiger partial charge in [-0.3, -0.25) is 4.79 Å². The van der Waals surface area contributed by atoms with Gasteiger partial charge in [-0.15, -0.1) is 0 Å². The van der Waals surface area contributed by atoms with Gasteiger partial charge in [0.15, 0.2) is 0 Å². The number of nitrogens with one attached hydrogen (secondary N) is 1. The van der Waals surface area contributed by atoms with Gasteiger partial charge in [-0.25, -0.2) is 0 Å². The maximum atomic E-state index is 13.9. The van der Waals surface area contributed by atoms with E-state index in [1.807, 2.05) is 0 Å². The van der Waals surface area contributed by atoms with Crippen molar-refractivity contribution in [1.29, 1.82) is 0 Å². The molecular formula is C25H35F3N2O3. The molecule has 2 aliphatic heterocycles. The Kier molecular flexibility index (Phi) is 7.08. The smallest absolute Gasteiger partial charge is 0.396 e. The van der Waals surface area contributed by atoms with Crippen LogP contribution in [-0.4, -0.2) is 54.4 Å². The van der Waals surface area contributed by atoms with Gasteiger partial charge in [0.1, 0.15) is 0 Å². The fourth-order valence-electron chi connectivity index (χ4n) is 5.96. The standard InChI is InChI=1S/C25H35F3N2O3/c1-16(2)24(8-5-21(12-24)29-20-6-9-33-10-7-20)23(32)30-13-17-11-19(25(26,27)28)3-4-22(17)18(14-30)15-31/h3-4,11,16,18,20-21,29,31H,5-10,12-15H2,1-2H3/t18?,21-,24+/m1/s1. The summed E-state index contributed by atoms with van der Waals surface area (Å²) < 4.78 is 45.3. The number of amides is 1. The minimum Gasteiger partial charge on any atom is -0.396 e. The lowest BCUT2D eigenvalue weighted by atomic mass is 9.73. The molecule has 1 saturated heterocycles. The summed E-state index contributed by atoms with van der Waals surface area (Å²) in [5.41, 5.74) is -0.0644. The fraction of sp³-hybridized carbons (Fsp3) is 0.720. The summed E-state index contributed by atoms with van der Waals surface area (Å²) in [5, 5.41) is 13.7. The van der Waals surface area contributed by atoms with Gasteiger partial charge in [-0.1, -0.05) is 19.9 Å². The second-order valence-corrected chi connectivity index (χ2v) is 10.3. The number of benzene rings is 1.